The summed E-state index contributed by atoms with van der Waals surface area (Å²) in [4.78, 5) is 12.8. The third kappa shape index (κ3) is 2.34. The summed E-state index contributed by atoms with van der Waals surface area (Å²) in [6.45, 7) is 4.26. The smallest absolute Gasteiger partial charge is 0.146 e. The average Bonchev–Trinajstić information content (AvgIpc) is 2.81. The minimum atomic E-state index is 0.568. The van der Waals surface area contributed by atoms with Gasteiger partial charge in [0.1, 0.15) is 23.8 Å². The van der Waals surface area contributed by atoms with Crippen molar-refractivity contribution in [1.29, 1.82) is 0 Å². The number of nitrogens with zero attached hydrogens (tertiary/aromatic N) is 4. The van der Waals surface area contributed by atoms with Gasteiger partial charge in [-0.25, -0.2) is 15.0 Å². The standard InChI is InChI=1S/C13H19N5/c1-3-5-10-12(14)16-9-17-13(10)18-8-7-15-11(18)6-4-2/h7-9H,3-6H2,1-2H3,(H2,14,16,17). The van der Waals surface area contributed by atoms with Crippen molar-refractivity contribution in [3.8, 4) is 5.82 Å². The van der Waals surface area contributed by atoms with Gasteiger partial charge in [0.05, 0.1) is 0 Å². The van der Waals surface area contributed by atoms with Gasteiger partial charge in [0.25, 0.3) is 0 Å². The topological polar surface area (TPSA) is 69.6 Å². The molecule has 0 fully saturated rings. The lowest BCUT2D eigenvalue weighted by Gasteiger charge is -2.12. The Morgan fingerprint density at radius 3 is 2.61 bits per heavy atom. The normalized spacial score (nSPS) is 10.8. The van der Waals surface area contributed by atoms with E-state index < -0.39 is 0 Å². The second-order valence-corrected chi connectivity index (χ2v) is 4.27. The average molecular weight is 245 g/mol. The molecule has 0 bridgehead atoms. The molecule has 2 heterocycles. The number of hydrogen-bond donors (Lipinski definition) is 1. The Hall–Kier alpha value is -1.91. The fourth-order valence-electron chi connectivity index (χ4n) is 2.05. The van der Waals surface area contributed by atoms with E-state index in [4.69, 9.17) is 5.73 Å². The quantitative estimate of drug-likeness (QED) is 0.876. The number of hydrogen-bond acceptors (Lipinski definition) is 4. The number of aromatic nitrogens is 4. The molecule has 0 aromatic carbocycles. The zero-order valence-corrected chi connectivity index (χ0v) is 10.9. The molecule has 0 amide bonds. The van der Waals surface area contributed by atoms with E-state index in [-0.39, 0.29) is 0 Å². The summed E-state index contributed by atoms with van der Waals surface area (Å²) in [7, 11) is 0. The Morgan fingerprint density at radius 2 is 1.89 bits per heavy atom. The summed E-state index contributed by atoms with van der Waals surface area (Å²) in [5, 5.41) is 0. The van der Waals surface area contributed by atoms with Gasteiger partial charge in [0.15, 0.2) is 0 Å². The number of aryl methyl sites for hydroxylation is 1. The molecule has 2 N–H and O–H groups in total. The Balaban J connectivity index is 2.49. The second kappa shape index (κ2) is 5.62. The first-order chi connectivity index (χ1) is 8.77. The predicted molar refractivity (Wildman–Crippen MR) is 71.6 cm³/mol. The fraction of sp³-hybridized carbons (Fsp3) is 0.462. The van der Waals surface area contributed by atoms with Crippen molar-refractivity contribution in [2.24, 2.45) is 0 Å². The molecule has 0 saturated carbocycles. The zero-order valence-electron chi connectivity index (χ0n) is 10.9. The van der Waals surface area contributed by atoms with Crippen molar-refractivity contribution in [2.45, 2.75) is 39.5 Å². The van der Waals surface area contributed by atoms with Gasteiger partial charge >= 0.3 is 0 Å². The summed E-state index contributed by atoms with van der Waals surface area (Å²) in [6.07, 6.45) is 9.14. The van der Waals surface area contributed by atoms with Crippen LogP contribution in [0.2, 0.25) is 0 Å². The van der Waals surface area contributed by atoms with Crippen LogP contribution in [0, 0.1) is 0 Å². The van der Waals surface area contributed by atoms with Crippen molar-refractivity contribution in [3.05, 3.63) is 30.1 Å². The molecule has 0 atom stereocenters. The zero-order chi connectivity index (χ0) is 13.0. The van der Waals surface area contributed by atoms with Gasteiger partial charge in [0, 0.05) is 24.4 Å². The van der Waals surface area contributed by atoms with Crippen LogP contribution >= 0.6 is 0 Å². The highest BCUT2D eigenvalue weighted by molar-refractivity contribution is 5.49. The summed E-state index contributed by atoms with van der Waals surface area (Å²) in [5.74, 6) is 2.45. The molecular weight excluding hydrogens is 226 g/mol. The van der Waals surface area contributed by atoms with Crippen LogP contribution in [-0.2, 0) is 12.8 Å². The first-order valence-electron chi connectivity index (χ1n) is 6.39. The summed E-state index contributed by atoms with van der Waals surface area (Å²) in [5.41, 5.74) is 6.96. The lowest BCUT2D eigenvalue weighted by Crippen LogP contribution is -2.10. The minimum Gasteiger partial charge on any atom is -0.383 e. The van der Waals surface area contributed by atoms with Crippen LogP contribution in [0.25, 0.3) is 5.82 Å². The third-order valence-corrected chi connectivity index (χ3v) is 2.88. The largest absolute Gasteiger partial charge is 0.383 e. The van der Waals surface area contributed by atoms with Gasteiger partial charge in [-0.05, 0) is 12.8 Å². The van der Waals surface area contributed by atoms with Crippen LogP contribution in [0.3, 0.4) is 0 Å². The van der Waals surface area contributed by atoms with Crippen LogP contribution in [0.1, 0.15) is 38.1 Å². The number of rotatable bonds is 5. The minimum absolute atomic E-state index is 0.568. The molecule has 0 radical (unpaired) electrons. The summed E-state index contributed by atoms with van der Waals surface area (Å²) < 4.78 is 2.02. The molecule has 5 heteroatoms. The van der Waals surface area contributed by atoms with E-state index in [1.807, 2.05) is 10.8 Å². The van der Waals surface area contributed by atoms with E-state index in [9.17, 15) is 0 Å². The maximum atomic E-state index is 5.95. The Kier molecular flexibility index (Phi) is 3.92. The predicted octanol–water partition coefficient (Wildman–Crippen LogP) is 2.15. The van der Waals surface area contributed by atoms with E-state index in [2.05, 4.69) is 28.8 Å². The molecule has 0 spiro atoms. The number of nitrogen functional groups attached to an aromatic ring is 1. The van der Waals surface area contributed by atoms with Crippen LogP contribution in [0.4, 0.5) is 5.82 Å². The number of anilines is 1. The molecule has 2 aromatic heterocycles. The Bertz CT molecular complexity index is 518. The number of nitrogens with two attached hydrogens (primary N) is 1. The molecular formula is C13H19N5. The maximum absolute atomic E-state index is 5.95. The van der Waals surface area contributed by atoms with E-state index >= 15 is 0 Å². The highest BCUT2D eigenvalue weighted by Crippen LogP contribution is 2.20. The summed E-state index contributed by atoms with van der Waals surface area (Å²) in [6, 6.07) is 0. The molecule has 0 unspecified atom stereocenters. The highest BCUT2D eigenvalue weighted by Gasteiger charge is 2.12. The SMILES string of the molecule is CCCc1c(N)ncnc1-n1ccnc1CCC. The molecule has 0 aliphatic rings. The highest BCUT2D eigenvalue weighted by atomic mass is 15.1. The fourth-order valence-corrected chi connectivity index (χ4v) is 2.05. The van der Waals surface area contributed by atoms with Crippen molar-refractivity contribution in [2.75, 3.05) is 5.73 Å². The monoisotopic (exact) mass is 245 g/mol. The van der Waals surface area contributed by atoms with E-state index in [1.165, 1.54) is 6.33 Å². The van der Waals surface area contributed by atoms with E-state index in [0.29, 0.717) is 5.82 Å². The molecule has 2 rings (SSSR count). The van der Waals surface area contributed by atoms with Crippen molar-refractivity contribution in [1.82, 2.24) is 19.5 Å². The van der Waals surface area contributed by atoms with Gasteiger partial charge in [-0.15, -0.1) is 0 Å². The Labute approximate surface area is 107 Å². The van der Waals surface area contributed by atoms with Crippen molar-refractivity contribution in [3.63, 3.8) is 0 Å². The first kappa shape index (κ1) is 12.5. The number of imidazole rings is 1. The molecule has 5 nitrogen and oxygen atoms in total. The van der Waals surface area contributed by atoms with Crippen molar-refractivity contribution < 1.29 is 0 Å². The molecule has 96 valence electrons. The summed E-state index contributed by atoms with van der Waals surface area (Å²) >= 11 is 0. The van der Waals surface area contributed by atoms with Crippen LogP contribution in [0.15, 0.2) is 18.7 Å². The van der Waals surface area contributed by atoms with Crippen LogP contribution in [0.5, 0.6) is 0 Å². The van der Waals surface area contributed by atoms with Crippen LogP contribution in [-0.4, -0.2) is 19.5 Å². The molecule has 0 aliphatic heterocycles. The van der Waals surface area contributed by atoms with Gasteiger partial charge < -0.3 is 5.73 Å². The molecule has 0 saturated heterocycles. The lowest BCUT2D eigenvalue weighted by molar-refractivity contribution is 0.781. The van der Waals surface area contributed by atoms with Crippen LogP contribution < -0.4 is 5.73 Å². The molecule has 18 heavy (non-hydrogen) atoms. The lowest BCUT2D eigenvalue weighted by atomic mass is 10.1. The van der Waals surface area contributed by atoms with E-state index in [0.717, 1.165) is 42.9 Å². The first-order valence-corrected chi connectivity index (χ1v) is 6.39. The van der Waals surface area contributed by atoms with Gasteiger partial charge in [0.2, 0.25) is 0 Å². The van der Waals surface area contributed by atoms with Crippen molar-refractivity contribution >= 4 is 5.82 Å². The second-order valence-electron chi connectivity index (χ2n) is 4.27. The Morgan fingerprint density at radius 1 is 1.11 bits per heavy atom. The van der Waals surface area contributed by atoms with Gasteiger partial charge in [-0.1, -0.05) is 20.3 Å². The molecule has 2 aromatic rings. The maximum Gasteiger partial charge on any atom is 0.146 e. The molecule has 0 aliphatic carbocycles. The van der Waals surface area contributed by atoms with Gasteiger partial charge in [-0.3, -0.25) is 4.57 Å². The van der Waals surface area contributed by atoms with Gasteiger partial charge in [-0.2, -0.15) is 0 Å². The van der Waals surface area contributed by atoms with E-state index in [1.54, 1.807) is 6.20 Å². The third-order valence-electron chi connectivity index (χ3n) is 2.88.